The number of hydrogen-bond donors (Lipinski definition) is 1. The third-order valence-corrected chi connectivity index (χ3v) is 2.84. The number of rotatable bonds is 3. The molecule has 1 atom stereocenters. The minimum atomic E-state index is 0.186. The highest BCUT2D eigenvalue weighted by Gasteiger charge is 2.16. The normalized spacial score (nSPS) is 19.4. The van der Waals surface area contributed by atoms with Gasteiger partial charge in [0.2, 0.25) is 0 Å². The summed E-state index contributed by atoms with van der Waals surface area (Å²) in [6.07, 6.45) is 2.37. The number of nitrogens with zero attached hydrogens (tertiary/aromatic N) is 1. The molecule has 0 bridgehead atoms. The van der Waals surface area contributed by atoms with Crippen LogP contribution in [0.15, 0.2) is 18.2 Å². The van der Waals surface area contributed by atoms with Crippen LogP contribution in [0.3, 0.4) is 0 Å². The van der Waals surface area contributed by atoms with Crippen molar-refractivity contribution in [2.45, 2.75) is 18.9 Å². The van der Waals surface area contributed by atoms with Gasteiger partial charge >= 0.3 is 0 Å². The van der Waals surface area contributed by atoms with Crippen LogP contribution in [-0.4, -0.2) is 26.3 Å². The van der Waals surface area contributed by atoms with Gasteiger partial charge in [-0.1, -0.05) is 0 Å². The van der Waals surface area contributed by atoms with Gasteiger partial charge in [0.1, 0.15) is 6.10 Å². The molecule has 90 valence electrons. The van der Waals surface area contributed by atoms with Gasteiger partial charge in [-0.3, -0.25) is 0 Å². The van der Waals surface area contributed by atoms with Gasteiger partial charge < -0.3 is 14.8 Å². The molecule has 1 heterocycles. The van der Waals surface area contributed by atoms with Crippen LogP contribution in [0.4, 0.5) is 0 Å². The Morgan fingerprint density at radius 1 is 1.41 bits per heavy atom. The van der Waals surface area contributed by atoms with E-state index in [-0.39, 0.29) is 6.10 Å². The topological polar surface area (TPSA) is 54.3 Å². The molecule has 1 fully saturated rings. The molecule has 0 aromatic heterocycles. The average molecular weight is 232 g/mol. The average Bonchev–Trinajstić information content (AvgIpc) is 2.40. The van der Waals surface area contributed by atoms with Gasteiger partial charge in [-0.2, -0.15) is 5.26 Å². The lowest BCUT2D eigenvalue weighted by atomic mass is 10.1. The summed E-state index contributed by atoms with van der Waals surface area (Å²) in [7, 11) is 1.59. The smallest absolute Gasteiger partial charge is 0.162 e. The molecule has 4 nitrogen and oxygen atoms in total. The van der Waals surface area contributed by atoms with Crippen LogP contribution in [0.1, 0.15) is 18.4 Å². The lowest BCUT2D eigenvalue weighted by molar-refractivity contribution is 0.161. The molecule has 1 aliphatic rings. The van der Waals surface area contributed by atoms with Gasteiger partial charge in [-0.05, 0) is 31.5 Å². The minimum Gasteiger partial charge on any atom is -0.493 e. The number of methoxy groups -OCH3 is 1. The van der Waals surface area contributed by atoms with Crippen molar-refractivity contribution in [1.82, 2.24) is 5.32 Å². The number of nitriles is 1. The third kappa shape index (κ3) is 2.89. The molecule has 0 amide bonds. The molecule has 17 heavy (non-hydrogen) atoms. The Morgan fingerprint density at radius 2 is 2.29 bits per heavy atom. The third-order valence-electron chi connectivity index (χ3n) is 2.84. The fraction of sp³-hybridized carbons (Fsp3) is 0.462. The molecular weight excluding hydrogens is 216 g/mol. The second-order valence-electron chi connectivity index (χ2n) is 4.06. The summed E-state index contributed by atoms with van der Waals surface area (Å²) in [5.41, 5.74) is 0.580. The minimum absolute atomic E-state index is 0.186. The highest BCUT2D eigenvalue weighted by Crippen LogP contribution is 2.29. The molecule has 0 spiro atoms. The van der Waals surface area contributed by atoms with Gasteiger partial charge in [-0.15, -0.1) is 0 Å². The lowest BCUT2D eigenvalue weighted by Crippen LogP contribution is -2.37. The van der Waals surface area contributed by atoms with Gasteiger partial charge in [0, 0.05) is 12.6 Å². The van der Waals surface area contributed by atoms with E-state index in [2.05, 4.69) is 11.4 Å². The Labute approximate surface area is 101 Å². The highest BCUT2D eigenvalue weighted by atomic mass is 16.5. The second kappa shape index (κ2) is 5.55. The Hall–Kier alpha value is -1.73. The van der Waals surface area contributed by atoms with E-state index in [1.807, 2.05) is 0 Å². The zero-order valence-corrected chi connectivity index (χ0v) is 9.90. The monoisotopic (exact) mass is 232 g/mol. The molecule has 1 N–H and O–H groups in total. The van der Waals surface area contributed by atoms with Crippen molar-refractivity contribution < 1.29 is 9.47 Å². The number of nitrogens with one attached hydrogen (secondary N) is 1. The molecule has 1 aromatic rings. The number of piperidine rings is 1. The molecule has 1 aliphatic heterocycles. The number of ether oxygens (including phenoxy) is 2. The van der Waals surface area contributed by atoms with E-state index in [9.17, 15) is 0 Å². The van der Waals surface area contributed by atoms with Crippen LogP contribution in [-0.2, 0) is 0 Å². The van der Waals surface area contributed by atoms with Gasteiger partial charge in [-0.25, -0.2) is 0 Å². The molecule has 0 aliphatic carbocycles. The zero-order valence-electron chi connectivity index (χ0n) is 9.90. The van der Waals surface area contributed by atoms with Crippen molar-refractivity contribution in [3.05, 3.63) is 23.8 Å². The van der Waals surface area contributed by atoms with E-state index in [0.717, 1.165) is 25.9 Å². The van der Waals surface area contributed by atoms with Crippen LogP contribution in [0, 0.1) is 11.3 Å². The number of benzene rings is 1. The van der Waals surface area contributed by atoms with Crippen LogP contribution in [0.25, 0.3) is 0 Å². The van der Waals surface area contributed by atoms with Crippen LogP contribution < -0.4 is 14.8 Å². The summed E-state index contributed by atoms with van der Waals surface area (Å²) in [6.45, 7) is 1.92. The Morgan fingerprint density at radius 3 is 2.94 bits per heavy atom. The quantitative estimate of drug-likeness (QED) is 0.861. The Balaban J connectivity index is 2.11. The lowest BCUT2D eigenvalue weighted by Gasteiger charge is -2.24. The summed E-state index contributed by atoms with van der Waals surface area (Å²) >= 11 is 0. The Kier molecular flexibility index (Phi) is 3.84. The summed E-state index contributed by atoms with van der Waals surface area (Å²) in [5.74, 6) is 1.33. The van der Waals surface area contributed by atoms with Crippen LogP contribution in [0.2, 0.25) is 0 Å². The fourth-order valence-electron chi connectivity index (χ4n) is 1.93. The first-order valence-corrected chi connectivity index (χ1v) is 5.79. The van der Waals surface area contributed by atoms with Crippen molar-refractivity contribution in [2.24, 2.45) is 0 Å². The van der Waals surface area contributed by atoms with Crippen molar-refractivity contribution >= 4 is 0 Å². The molecule has 0 radical (unpaired) electrons. The maximum atomic E-state index is 8.81. The first-order chi connectivity index (χ1) is 8.33. The van der Waals surface area contributed by atoms with Crippen LogP contribution in [0.5, 0.6) is 11.5 Å². The standard InChI is InChI=1S/C13H16N2O2/c1-16-13-7-10(8-14)4-5-12(13)17-11-3-2-6-15-9-11/h4-5,7,11,15H,2-3,6,9H2,1H3/t11-/m0/s1. The molecular formula is C13H16N2O2. The Bertz CT molecular complexity index is 420. The molecule has 0 unspecified atom stereocenters. The van der Waals surface area contributed by atoms with E-state index in [0.29, 0.717) is 17.1 Å². The van der Waals surface area contributed by atoms with E-state index >= 15 is 0 Å². The van der Waals surface area contributed by atoms with Gasteiger partial charge in [0.25, 0.3) is 0 Å². The van der Waals surface area contributed by atoms with Gasteiger partial charge in [0.05, 0.1) is 18.7 Å². The zero-order chi connectivity index (χ0) is 12.1. The van der Waals surface area contributed by atoms with E-state index in [1.165, 1.54) is 0 Å². The highest BCUT2D eigenvalue weighted by molar-refractivity contribution is 5.46. The van der Waals surface area contributed by atoms with E-state index < -0.39 is 0 Å². The van der Waals surface area contributed by atoms with Crippen LogP contribution >= 0.6 is 0 Å². The SMILES string of the molecule is COc1cc(C#N)ccc1O[C@H]1CCCNC1. The molecule has 4 heteroatoms. The predicted molar refractivity (Wildman–Crippen MR) is 64.2 cm³/mol. The van der Waals surface area contributed by atoms with Crippen molar-refractivity contribution in [2.75, 3.05) is 20.2 Å². The number of hydrogen-bond acceptors (Lipinski definition) is 4. The van der Waals surface area contributed by atoms with Crippen molar-refractivity contribution in [3.8, 4) is 17.6 Å². The molecule has 1 aromatic carbocycles. The first-order valence-electron chi connectivity index (χ1n) is 5.79. The van der Waals surface area contributed by atoms with Crippen molar-refractivity contribution in [3.63, 3.8) is 0 Å². The maximum Gasteiger partial charge on any atom is 0.162 e. The summed E-state index contributed by atoms with van der Waals surface area (Å²) in [5, 5.41) is 12.1. The molecule has 1 saturated heterocycles. The van der Waals surface area contributed by atoms with Crippen molar-refractivity contribution in [1.29, 1.82) is 5.26 Å². The summed E-state index contributed by atoms with van der Waals surface area (Å²) in [4.78, 5) is 0. The summed E-state index contributed by atoms with van der Waals surface area (Å²) in [6, 6.07) is 7.33. The largest absolute Gasteiger partial charge is 0.493 e. The first kappa shape index (κ1) is 11.7. The predicted octanol–water partition coefficient (Wildman–Crippen LogP) is 1.70. The van der Waals surface area contributed by atoms with Gasteiger partial charge in [0.15, 0.2) is 11.5 Å². The van der Waals surface area contributed by atoms with E-state index in [1.54, 1.807) is 25.3 Å². The maximum absolute atomic E-state index is 8.81. The second-order valence-corrected chi connectivity index (χ2v) is 4.06. The van der Waals surface area contributed by atoms with E-state index in [4.69, 9.17) is 14.7 Å². The fourth-order valence-corrected chi connectivity index (χ4v) is 1.93. The summed E-state index contributed by atoms with van der Waals surface area (Å²) < 4.78 is 11.1. The molecule has 2 rings (SSSR count). The molecule has 0 saturated carbocycles.